The van der Waals surface area contributed by atoms with Gasteiger partial charge in [-0.05, 0) is 11.1 Å². The molecule has 0 atom stereocenters. The van der Waals surface area contributed by atoms with E-state index >= 15 is 0 Å². The Bertz CT molecular complexity index is 196. The van der Waals surface area contributed by atoms with Crippen molar-refractivity contribution in [2.45, 2.75) is 11.1 Å². The van der Waals surface area contributed by atoms with Crippen molar-refractivity contribution in [1.82, 2.24) is 0 Å². The highest BCUT2D eigenvalue weighted by molar-refractivity contribution is 6.43. The first-order valence-electron chi connectivity index (χ1n) is 4.00. The predicted molar refractivity (Wildman–Crippen MR) is 51.2 cm³/mol. The second-order valence-corrected chi connectivity index (χ2v) is 4.81. The Morgan fingerprint density at radius 2 is 1.00 bits per heavy atom. The average Bonchev–Trinajstić information content (AvgIpc) is 2.60. The highest BCUT2D eigenvalue weighted by Gasteiger charge is 2.11. The van der Waals surface area contributed by atoms with E-state index in [9.17, 15) is 0 Å². The SMILES string of the molecule is C1=CC([SiH]C2C=CC=C2)C=C1. The van der Waals surface area contributed by atoms with Gasteiger partial charge in [0.2, 0.25) is 0 Å². The first-order chi connectivity index (χ1) is 5.45. The van der Waals surface area contributed by atoms with Crippen molar-refractivity contribution < 1.29 is 0 Å². The Balaban J connectivity index is 1.90. The van der Waals surface area contributed by atoms with Crippen molar-refractivity contribution in [3.05, 3.63) is 48.6 Å². The minimum absolute atomic E-state index is 0.505. The summed E-state index contributed by atoms with van der Waals surface area (Å²) in [4.78, 5) is 0. The van der Waals surface area contributed by atoms with E-state index in [4.69, 9.17) is 0 Å². The fourth-order valence-electron chi connectivity index (χ4n) is 1.41. The zero-order valence-corrected chi connectivity index (χ0v) is 7.51. The Hall–Kier alpha value is -0.823. The zero-order chi connectivity index (χ0) is 7.52. The molecule has 2 aliphatic carbocycles. The second kappa shape index (κ2) is 3.05. The number of allylic oxidation sites excluding steroid dienone is 8. The van der Waals surface area contributed by atoms with E-state index in [0.717, 1.165) is 11.1 Å². The maximum absolute atomic E-state index is 2.30. The van der Waals surface area contributed by atoms with Crippen LogP contribution in [0.3, 0.4) is 0 Å². The molecule has 0 nitrogen and oxygen atoms in total. The molecule has 1 radical (unpaired) electrons. The van der Waals surface area contributed by atoms with E-state index < -0.39 is 0 Å². The molecule has 0 saturated heterocycles. The van der Waals surface area contributed by atoms with E-state index in [1.807, 2.05) is 0 Å². The van der Waals surface area contributed by atoms with E-state index in [2.05, 4.69) is 48.6 Å². The fraction of sp³-hybridized carbons (Fsp3) is 0.200. The molecule has 0 N–H and O–H groups in total. The summed E-state index contributed by atoms with van der Waals surface area (Å²) in [6.07, 6.45) is 17.8. The van der Waals surface area contributed by atoms with Gasteiger partial charge in [-0.25, -0.2) is 0 Å². The van der Waals surface area contributed by atoms with Gasteiger partial charge in [0.15, 0.2) is 0 Å². The van der Waals surface area contributed by atoms with Crippen LogP contribution in [0, 0.1) is 0 Å². The summed E-state index contributed by atoms with van der Waals surface area (Å²) in [7, 11) is 0.505. The summed E-state index contributed by atoms with van der Waals surface area (Å²) in [5.41, 5.74) is 1.51. The van der Waals surface area contributed by atoms with Gasteiger partial charge in [-0.3, -0.25) is 0 Å². The molecule has 11 heavy (non-hydrogen) atoms. The largest absolute Gasteiger partial charge is 0.0809 e. The highest BCUT2D eigenvalue weighted by atomic mass is 28.2. The molecule has 0 unspecified atom stereocenters. The summed E-state index contributed by atoms with van der Waals surface area (Å²) in [5.74, 6) is 0. The first kappa shape index (κ1) is 6.86. The summed E-state index contributed by atoms with van der Waals surface area (Å²) in [6, 6.07) is 0. The van der Waals surface area contributed by atoms with Gasteiger partial charge in [-0.1, -0.05) is 48.6 Å². The quantitative estimate of drug-likeness (QED) is 0.542. The van der Waals surface area contributed by atoms with Gasteiger partial charge in [0.25, 0.3) is 0 Å². The van der Waals surface area contributed by atoms with Crippen LogP contribution in [0.4, 0.5) is 0 Å². The van der Waals surface area contributed by atoms with Gasteiger partial charge in [0.05, 0.1) is 9.52 Å². The van der Waals surface area contributed by atoms with Crippen molar-refractivity contribution in [3.8, 4) is 0 Å². The Morgan fingerprint density at radius 1 is 0.636 bits per heavy atom. The molecule has 0 amide bonds. The number of hydrogen-bond donors (Lipinski definition) is 0. The number of rotatable bonds is 2. The zero-order valence-electron chi connectivity index (χ0n) is 6.35. The van der Waals surface area contributed by atoms with Crippen LogP contribution in [0.15, 0.2) is 48.6 Å². The summed E-state index contributed by atoms with van der Waals surface area (Å²) < 4.78 is 0. The predicted octanol–water partition coefficient (Wildman–Crippen LogP) is 2.25. The summed E-state index contributed by atoms with van der Waals surface area (Å²) >= 11 is 0. The van der Waals surface area contributed by atoms with Crippen molar-refractivity contribution in [3.63, 3.8) is 0 Å². The molecule has 0 aliphatic heterocycles. The molecule has 55 valence electrons. The van der Waals surface area contributed by atoms with E-state index in [1.165, 1.54) is 0 Å². The third-order valence-electron chi connectivity index (χ3n) is 2.00. The maximum Gasteiger partial charge on any atom is 0.0545 e. The lowest BCUT2D eigenvalue weighted by Crippen LogP contribution is -2.01. The minimum atomic E-state index is 0.505. The minimum Gasteiger partial charge on any atom is -0.0809 e. The van der Waals surface area contributed by atoms with Crippen LogP contribution in [0.2, 0.25) is 11.1 Å². The van der Waals surface area contributed by atoms with Crippen LogP contribution in [0.1, 0.15) is 0 Å². The van der Waals surface area contributed by atoms with Crippen LogP contribution >= 0.6 is 0 Å². The molecule has 0 spiro atoms. The lowest BCUT2D eigenvalue weighted by molar-refractivity contribution is 1.28. The summed E-state index contributed by atoms with van der Waals surface area (Å²) in [5, 5.41) is 0. The normalized spacial score (nSPS) is 22.5. The molecular weight excluding hydrogens is 148 g/mol. The van der Waals surface area contributed by atoms with Gasteiger partial charge in [-0.2, -0.15) is 0 Å². The first-order valence-corrected chi connectivity index (χ1v) is 5.33. The van der Waals surface area contributed by atoms with Crippen LogP contribution in [0.5, 0.6) is 0 Å². The molecule has 0 heterocycles. The van der Waals surface area contributed by atoms with Gasteiger partial charge < -0.3 is 0 Å². The lowest BCUT2D eigenvalue weighted by atomic mass is 10.4. The molecule has 0 aromatic carbocycles. The van der Waals surface area contributed by atoms with Gasteiger partial charge >= 0.3 is 0 Å². The second-order valence-electron chi connectivity index (χ2n) is 2.89. The molecule has 2 rings (SSSR count). The van der Waals surface area contributed by atoms with E-state index in [0.29, 0.717) is 9.52 Å². The highest BCUT2D eigenvalue weighted by Crippen LogP contribution is 2.23. The Kier molecular flexibility index (Phi) is 1.90. The maximum atomic E-state index is 2.30. The molecule has 0 aromatic rings. The van der Waals surface area contributed by atoms with Crippen LogP contribution in [-0.4, -0.2) is 9.52 Å². The van der Waals surface area contributed by atoms with Crippen LogP contribution < -0.4 is 0 Å². The standard InChI is InChI=1S/C10H11Si/c1-2-6-9(5-1)11-10-7-3-4-8-10/h1-11H. The van der Waals surface area contributed by atoms with Crippen molar-refractivity contribution >= 4 is 9.52 Å². The molecule has 0 saturated carbocycles. The molecular formula is C10H11Si. The Labute approximate surface area is 69.8 Å². The van der Waals surface area contributed by atoms with Crippen molar-refractivity contribution in [1.29, 1.82) is 0 Å². The van der Waals surface area contributed by atoms with Crippen LogP contribution in [0.25, 0.3) is 0 Å². The fourth-order valence-corrected chi connectivity index (χ4v) is 2.95. The third-order valence-corrected chi connectivity index (χ3v) is 3.78. The van der Waals surface area contributed by atoms with E-state index in [-0.39, 0.29) is 0 Å². The molecule has 0 aromatic heterocycles. The van der Waals surface area contributed by atoms with Gasteiger partial charge in [0.1, 0.15) is 0 Å². The van der Waals surface area contributed by atoms with E-state index in [1.54, 1.807) is 0 Å². The smallest absolute Gasteiger partial charge is 0.0545 e. The Morgan fingerprint density at radius 3 is 1.36 bits per heavy atom. The monoisotopic (exact) mass is 159 g/mol. The molecule has 2 aliphatic rings. The topological polar surface area (TPSA) is 0 Å². The van der Waals surface area contributed by atoms with Crippen molar-refractivity contribution in [2.75, 3.05) is 0 Å². The molecule has 1 heteroatoms. The average molecular weight is 159 g/mol. The van der Waals surface area contributed by atoms with Gasteiger partial charge in [0, 0.05) is 0 Å². The number of hydrogen-bond acceptors (Lipinski definition) is 0. The van der Waals surface area contributed by atoms with Crippen molar-refractivity contribution in [2.24, 2.45) is 0 Å². The van der Waals surface area contributed by atoms with Gasteiger partial charge in [-0.15, -0.1) is 0 Å². The lowest BCUT2D eigenvalue weighted by Gasteiger charge is -2.06. The third kappa shape index (κ3) is 1.60. The molecule has 0 bridgehead atoms. The summed E-state index contributed by atoms with van der Waals surface area (Å²) in [6.45, 7) is 0. The van der Waals surface area contributed by atoms with Crippen LogP contribution in [-0.2, 0) is 0 Å². The molecule has 0 fully saturated rings.